The predicted octanol–water partition coefficient (Wildman–Crippen LogP) is 5.00. The highest BCUT2D eigenvalue weighted by atomic mass is 16.6. The van der Waals surface area contributed by atoms with Gasteiger partial charge in [-0.15, -0.1) is 0 Å². The third-order valence-corrected chi connectivity index (χ3v) is 9.82. The fourth-order valence-corrected chi connectivity index (χ4v) is 8.36. The number of carbonyl (C=O) groups is 1. The summed E-state index contributed by atoms with van der Waals surface area (Å²) in [6.45, 7) is 8.52. The van der Waals surface area contributed by atoms with E-state index >= 15 is 0 Å². The molecule has 1 saturated heterocycles. The molecule has 5 fully saturated rings. The molecule has 0 spiro atoms. The Labute approximate surface area is 147 Å². The monoisotopic (exact) mass is 330 g/mol. The molecule has 2 nitrogen and oxygen atoms in total. The van der Waals surface area contributed by atoms with Crippen molar-refractivity contribution in [2.45, 2.75) is 84.2 Å². The van der Waals surface area contributed by atoms with Gasteiger partial charge in [0.2, 0.25) is 0 Å². The van der Waals surface area contributed by atoms with Gasteiger partial charge in [-0.1, -0.05) is 13.8 Å². The highest BCUT2D eigenvalue weighted by Crippen LogP contribution is 2.69. The summed E-state index contributed by atoms with van der Waals surface area (Å²) in [6.07, 6.45) is 11.2. The number of fused-ring (bicyclic) bond motifs is 5. The van der Waals surface area contributed by atoms with Gasteiger partial charge in [0.05, 0.1) is 12.2 Å². The second-order valence-corrected chi connectivity index (χ2v) is 10.7. The van der Waals surface area contributed by atoms with E-state index in [0.717, 1.165) is 43.1 Å². The van der Waals surface area contributed by atoms with Crippen LogP contribution in [0.25, 0.3) is 0 Å². The molecule has 1 aliphatic heterocycles. The maximum absolute atomic E-state index is 12.0. The Balaban J connectivity index is 1.44. The molecule has 134 valence electrons. The van der Waals surface area contributed by atoms with Gasteiger partial charge in [-0.25, -0.2) is 0 Å². The summed E-state index contributed by atoms with van der Waals surface area (Å²) in [5.74, 6) is 4.73. The van der Waals surface area contributed by atoms with E-state index in [2.05, 4.69) is 20.8 Å². The molecular formula is C22H34O2. The maximum atomic E-state index is 12.0. The summed E-state index contributed by atoms with van der Waals surface area (Å²) in [5.41, 5.74) is 1.17. The Hall–Kier alpha value is -0.370. The van der Waals surface area contributed by atoms with E-state index < -0.39 is 0 Å². The number of hydrogen-bond donors (Lipinski definition) is 0. The second kappa shape index (κ2) is 4.87. The highest BCUT2D eigenvalue weighted by Gasteiger charge is 2.65. The van der Waals surface area contributed by atoms with Crippen LogP contribution in [0.3, 0.4) is 0 Å². The van der Waals surface area contributed by atoms with Crippen LogP contribution in [0.2, 0.25) is 0 Å². The fourth-order valence-electron chi connectivity index (χ4n) is 8.36. The molecule has 0 N–H and O–H groups in total. The highest BCUT2D eigenvalue weighted by molar-refractivity contribution is 5.79. The zero-order chi connectivity index (χ0) is 16.7. The Morgan fingerprint density at radius 3 is 2.42 bits per heavy atom. The van der Waals surface area contributed by atoms with Crippen LogP contribution in [0.4, 0.5) is 0 Å². The van der Waals surface area contributed by atoms with E-state index in [4.69, 9.17) is 4.74 Å². The van der Waals surface area contributed by atoms with Crippen LogP contribution in [-0.4, -0.2) is 18.0 Å². The van der Waals surface area contributed by atoms with E-state index in [-0.39, 0.29) is 5.60 Å². The van der Waals surface area contributed by atoms with Crippen molar-refractivity contribution < 1.29 is 9.53 Å². The molecule has 0 aromatic rings. The van der Waals surface area contributed by atoms with Crippen LogP contribution >= 0.6 is 0 Å². The Bertz CT molecular complexity index is 564. The minimum absolute atomic E-state index is 0.203. The summed E-state index contributed by atoms with van der Waals surface area (Å²) < 4.78 is 5.91. The predicted molar refractivity (Wildman–Crippen MR) is 94.6 cm³/mol. The van der Waals surface area contributed by atoms with E-state index in [1.165, 1.54) is 44.9 Å². The van der Waals surface area contributed by atoms with Crippen LogP contribution < -0.4 is 0 Å². The molecule has 24 heavy (non-hydrogen) atoms. The lowest BCUT2D eigenvalue weighted by molar-refractivity contribution is -0.140. The first-order valence-electron chi connectivity index (χ1n) is 10.5. The van der Waals surface area contributed by atoms with Crippen LogP contribution in [-0.2, 0) is 9.53 Å². The molecule has 5 aliphatic rings. The van der Waals surface area contributed by atoms with Crippen LogP contribution in [0.5, 0.6) is 0 Å². The zero-order valence-electron chi connectivity index (χ0n) is 15.8. The number of hydrogen-bond acceptors (Lipinski definition) is 2. The summed E-state index contributed by atoms with van der Waals surface area (Å²) in [4.78, 5) is 12.0. The third-order valence-electron chi connectivity index (χ3n) is 9.82. The van der Waals surface area contributed by atoms with Gasteiger partial charge in [0, 0.05) is 12.8 Å². The number of carbonyl (C=O) groups excluding carboxylic acids is 1. The number of Topliss-reactive ketones (excluding diaryl/α,β-unsaturated/α-hetero) is 1. The quantitative estimate of drug-likeness (QED) is 0.633. The summed E-state index contributed by atoms with van der Waals surface area (Å²) in [6, 6.07) is 0. The van der Waals surface area contributed by atoms with Crippen molar-refractivity contribution >= 4 is 5.78 Å². The van der Waals surface area contributed by atoms with Crippen molar-refractivity contribution in [2.24, 2.45) is 40.4 Å². The minimum Gasteiger partial charge on any atom is -0.370 e. The number of ether oxygens (including phenoxy) is 1. The SMILES string of the molecule is C[C@]12CC[C@H]3[C@@H](CC[C@H]4CC(=O)CC[C@@]43C)[C@H]1CC[C@H]2[C@@]1(C)CO1. The van der Waals surface area contributed by atoms with Crippen molar-refractivity contribution in [3.8, 4) is 0 Å². The second-order valence-electron chi connectivity index (χ2n) is 10.7. The molecule has 4 saturated carbocycles. The number of epoxide rings is 1. The Morgan fingerprint density at radius 1 is 0.917 bits per heavy atom. The van der Waals surface area contributed by atoms with Gasteiger partial charge in [0.1, 0.15) is 5.78 Å². The van der Waals surface area contributed by atoms with E-state index in [1.54, 1.807) is 0 Å². The lowest BCUT2D eigenvalue weighted by Crippen LogP contribution is -2.54. The van der Waals surface area contributed by atoms with Crippen LogP contribution in [0, 0.1) is 40.4 Å². The standard InChI is InChI=1S/C22H34O2/c1-20-10-8-15(23)12-14(20)4-5-16-17-6-7-19(22(3)13-24-22)21(17,2)11-9-18(16)20/h14,16-19H,4-13H2,1-3H3/t14-,16-,17+,18-,19+,20-,21-,22+/m0/s1. The molecule has 0 aromatic carbocycles. The zero-order valence-corrected chi connectivity index (χ0v) is 15.8. The lowest BCUT2D eigenvalue weighted by atomic mass is 9.44. The topological polar surface area (TPSA) is 29.6 Å². The Morgan fingerprint density at radius 2 is 1.67 bits per heavy atom. The largest absolute Gasteiger partial charge is 0.370 e. The van der Waals surface area contributed by atoms with Crippen molar-refractivity contribution in [3.05, 3.63) is 0 Å². The van der Waals surface area contributed by atoms with Crippen molar-refractivity contribution in [1.29, 1.82) is 0 Å². The fraction of sp³-hybridized carbons (Fsp3) is 0.955. The van der Waals surface area contributed by atoms with Gasteiger partial charge in [-0.05, 0) is 92.3 Å². The number of ketones is 1. The molecule has 2 heteroatoms. The van der Waals surface area contributed by atoms with Gasteiger partial charge in [-0.2, -0.15) is 0 Å². The normalized spacial score (nSPS) is 59.5. The summed E-state index contributed by atoms with van der Waals surface area (Å²) in [7, 11) is 0. The molecule has 0 aromatic heterocycles. The van der Waals surface area contributed by atoms with Crippen LogP contribution in [0.15, 0.2) is 0 Å². The molecule has 0 radical (unpaired) electrons. The first-order valence-corrected chi connectivity index (χ1v) is 10.5. The first-order chi connectivity index (χ1) is 11.4. The molecular weight excluding hydrogens is 296 g/mol. The van der Waals surface area contributed by atoms with Crippen LogP contribution in [0.1, 0.15) is 78.6 Å². The molecule has 0 bridgehead atoms. The molecule has 8 atom stereocenters. The van der Waals surface area contributed by atoms with Gasteiger partial charge in [-0.3, -0.25) is 4.79 Å². The smallest absolute Gasteiger partial charge is 0.133 e. The lowest BCUT2D eigenvalue weighted by Gasteiger charge is -2.60. The van der Waals surface area contributed by atoms with Gasteiger partial charge >= 0.3 is 0 Å². The Kier molecular flexibility index (Phi) is 3.22. The average Bonchev–Trinajstić information content (AvgIpc) is 3.17. The van der Waals surface area contributed by atoms with Crippen molar-refractivity contribution in [3.63, 3.8) is 0 Å². The van der Waals surface area contributed by atoms with E-state index in [0.29, 0.717) is 22.5 Å². The maximum Gasteiger partial charge on any atom is 0.133 e. The molecule has 5 rings (SSSR count). The van der Waals surface area contributed by atoms with Crippen molar-refractivity contribution in [2.75, 3.05) is 6.61 Å². The molecule has 4 aliphatic carbocycles. The van der Waals surface area contributed by atoms with Gasteiger partial charge in [0.15, 0.2) is 0 Å². The molecule has 1 heterocycles. The summed E-state index contributed by atoms with van der Waals surface area (Å²) in [5, 5.41) is 0. The molecule has 0 unspecified atom stereocenters. The first kappa shape index (κ1) is 15.9. The number of rotatable bonds is 1. The van der Waals surface area contributed by atoms with E-state index in [9.17, 15) is 4.79 Å². The average molecular weight is 331 g/mol. The summed E-state index contributed by atoms with van der Waals surface area (Å²) >= 11 is 0. The van der Waals surface area contributed by atoms with Crippen molar-refractivity contribution in [1.82, 2.24) is 0 Å². The van der Waals surface area contributed by atoms with E-state index in [1.807, 2.05) is 0 Å². The molecule has 0 amide bonds. The van der Waals surface area contributed by atoms with Gasteiger partial charge in [0.25, 0.3) is 0 Å². The minimum atomic E-state index is 0.203. The third kappa shape index (κ3) is 1.95. The van der Waals surface area contributed by atoms with Gasteiger partial charge < -0.3 is 4.74 Å².